The zero-order valence-electron chi connectivity index (χ0n) is 17.6. The second kappa shape index (κ2) is 9.43. The van der Waals surface area contributed by atoms with Crippen molar-refractivity contribution in [1.82, 2.24) is 15.6 Å². The number of benzene rings is 2. The SMILES string of the molecule is C[C@@H](NC(=O)CC[C@@]1(Cc2ccc(-c3ccccc3)cc2)CCC(=O)N1)c1nccs1. The van der Waals surface area contributed by atoms with Crippen LogP contribution < -0.4 is 10.6 Å². The molecule has 0 bridgehead atoms. The molecule has 1 saturated heterocycles. The van der Waals surface area contributed by atoms with Gasteiger partial charge in [-0.3, -0.25) is 9.59 Å². The van der Waals surface area contributed by atoms with Crippen molar-refractivity contribution in [3.63, 3.8) is 0 Å². The predicted molar refractivity (Wildman–Crippen MR) is 124 cm³/mol. The van der Waals surface area contributed by atoms with Gasteiger partial charge in [0.2, 0.25) is 11.8 Å². The van der Waals surface area contributed by atoms with E-state index in [4.69, 9.17) is 0 Å². The molecule has 4 rings (SSSR count). The molecule has 1 aromatic heterocycles. The summed E-state index contributed by atoms with van der Waals surface area (Å²) in [4.78, 5) is 28.8. The maximum Gasteiger partial charge on any atom is 0.220 e. The predicted octanol–water partition coefficient (Wildman–Crippen LogP) is 4.66. The van der Waals surface area contributed by atoms with Crippen LogP contribution >= 0.6 is 11.3 Å². The molecule has 5 nitrogen and oxygen atoms in total. The quantitative estimate of drug-likeness (QED) is 0.543. The minimum absolute atomic E-state index is 0.0114. The van der Waals surface area contributed by atoms with E-state index in [0.717, 1.165) is 17.8 Å². The Labute approximate surface area is 186 Å². The van der Waals surface area contributed by atoms with E-state index in [2.05, 4.69) is 52.0 Å². The number of hydrogen-bond acceptors (Lipinski definition) is 4. The van der Waals surface area contributed by atoms with Crippen LogP contribution in [-0.4, -0.2) is 22.3 Å². The smallest absolute Gasteiger partial charge is 0.220 e. The monoisotopic (exact) mass is 433 g/mol. The highest BCUT2D eigenvalue weighted by atomic mass is 32.1. The summed E-state index contributed by atoms with van der Waals surface area (Å²) in [5.41, 5.74) is 3.15. The molecule has 0 saturated carbocycles. The Balaban J connectivity index is 1.39. The largest absolute Gasteiger partial charge is 0.350 e. The molecule has 0 radical (unpaired) electrons. The molecule has 0 unspecified atom stereocenters. The van der Waals surface area contributed by atoms with Crippen LogP contribution in [-0.2, 0) is 16.0 Å². The lowest BCUT2D eigenvalue weighted by Gasteiger charge is -2.29. The van der Waals surface area contributed by atoms with Crippen LogP contribution in [0.25, 0.3) is 11.1 Å². The first-order valence-electron chi connectivity index (χ1n) is 10.7. The molecule has 1 fully saturated rings. The van der Waals surface area contributed by atoms with Crippen molar-refractivity contribution in [1.29, 1.82) is 0 Å². The van der Waals surface area contributed by atoms with Crippen molar-refractivity contribution in [2.75, 3.05) is 0 Å². The highest BCUT2D eigenvalue weighted by Gasteiger charge is 2.37. The van der Waals surface area contributed by atoms with Crippen LogP contribution in [0, 0.1) is 0 Å². The molecule has 2 N–H and O–H groups in total. The van der Waals surface area contributed by atoms with Crippen molar-refractivity contribution < 1.29 is 9.59 Å². The maximum atomic E-state index is 12.5. The highest BCUT2D eigenvalue weighted by Crippen LogP contribution is 2.30. The molecule has 1 aliphatic heterocycles. The standard InChI is InChI=1S/C25H27N3O2S/c1-18(24-26-15-16-31-24)27-22(29)11-13-25(14-12-23(30)28-25)17-19-7-9-21(10-8-19)20-5-3-2-4-6-20/h2-10,15-16,18H,11-14,17H2,1H3,(H,27,29)(H,28,30)/t18-,25+/m1/s1. The molecule has 6 heteroatoms. The van der Waals surface area contributed by atoms with Gasteiger partial charge in [-0.25, -0.2) is 4.98 Å². The van der Waals surface area contributed by atoms with E-state index < -0.39 is 0 Å². The first-order chi connectivity index (χ1) is 15.0. The van der Waals surface area contributed by atoms with Crippen LogP contribution in [0.5, 0.6) is 0 Å². The third-order valence-corrected chi connectivity index (χ3v) is 6.83. The number of rotatable bonds is 8. The zero-order valence-corrected chi connectivity index (χ0v) is 18.5. The van der Waals surface area contributed by atoms with Gasteiger partial charge >= 0.3 is 0 Å². The molecule has 0 aliphatic carbocycles. The molecule has 3 aromatic rings. The zero-order chi connectivity index (χ0) is 21.7. The van der Waals surface area contributed by atoms with Gasteiger partial charge in [-0.15, -0.1) is 11.3 Å². The summed E-state index contributed by atoms with van der Waals surface area (Å²) < 4.78 is 0. The Morgan fingerprint density at radius 2 is 1.90 bits per heavy atom. The Morgan fingerprint density at radius 1 is 1.16 bits per heavy atom. The van der Waals surface area contributed by atoms with E-state index >= 15 is 0 Å². The number of carbonyl (C=O) groups excluding carboxylic acids is 2. The molecule has 0 spiro atoms. The number of aromatic nitrogens is 1. The van der Waals surface area contributed by atoms with Crippen molar-refractivity contribution in [2.24, 2.45) is 0 Å². The average molecular weight is 434 g/mol. The summed E-state index contributed by atoms with van der Waals surface area (Å²) in [5.74, 6) is 0.0557. The van der Waals surface area contributed by atoms with Crippen LogP contribution in [0.2, 0.25) is 0 Å². The first kappa shape index (κ1) is 21.2. The summed E-state index contributed by atoms with van der Waals surface area (Å²) >= 11 is 1.53. The Hall–Kier alpha value is -2.99. The van der Waals surface area contributed by atoms with Crippen molar-refractivity contribution >= 4 is 23.2 Å². The Morgan fingerprint density at radius 3 is 2.55 bits per heavy atom. The van der Waals surface area contributed by atoms with Crippen molar-refractivity contribution in [3.8, 4) is 11.1 Å². The lowest BCUT2D eigenvalue weighted by atomic mass is 9.84. The van der Waals surface area contributed by atoms with Gasteiger partial charge in [-0.1, -0.05) is 54.6 Å². The van der Waals surface area contributed by atoms with Crippen LogP contribution in [0.4, 0.5) is 0 Å². The van der Waals surface area contributed by atoms with Crippen LogP contribution in [0.3, 0.4) is 0 Å². The van der Waals surface area contributed by atoms with E-state index in [1.165, 1.54) is 28.0 Å². The average Bonchev–Trinajstić information content (AvgIpc) is 3.44. The highest BCUT2D eigenvalue weighted by molar-refractivity contribution is 7.09. The molecule has 2 aromatic carbocycles. The van der Waals surface area contributed by atoms with E-state index in [1.54, 1.807) is 6.20 Å². The van der Waals surface area contributed by atoms with E-state index in [9.17, 15) is 9.59 Å². The van der Waals surface area contributed by atoms with Gasteiger partial charge in [0.05, 0.1) is 6.04 Å². The summed E-state index contributed by atoms with van der Waals surface area (Å²) in [6.07, 6.45) is 4.73. The number of nitrogens with one attached hydrogen (secondary N) is 2. The minimum atomic E-state index is -0.368. The van der Waals surface area contributed by atoms with Gasteiger partial charge < -0.3 is 10.6 Å². The van der Waals surface area contributed by atoms with Gasteiger partial charge in [0.25, 0.3) is 0 Å². The van der Waals surface area contributed by atoms with E-state index in [0.29, 0.717) is 19.3 Å². The molecule has 2 heterocycles. The second-order valence-corrected chi connectivity index (χ2v) is 9.15. The fraction of sp³-hybridized carbons (Fsp3) is 0.320. The summed E-state index contributed by atoms with van der Waals surface area (Å²) in [6, 6.07) is 18.7. The van der Waals surface area contributed by atoms with E-state index in [1.807, 2.05) is 30.5 Å². The van der Waals surface area contributed by atoms with Gasteiger partial charge in [0.15, 0.2) is 0 Å². The fourth-order valence-corrected chi connectivity index (χ4v) is 4.84. The summed E-state index contributed by atoms with van der Waals surface area (Å²) in [5, 5.41) is 9.00. The fourth-order valence-electron chi connectivity index (χ4n) is 4.19. The number of thiazole rings is 1. The Bertz CT molecular complexity index is 1020. The maximum absolute atomic E-state index is 12.5. The third kappa shape index (κ3) is 5.39. The number of amides is 2. The lowest BCUT2D eigenvalue weighted by Crippen LogP contribution is -2.44. The van der Waals surface area contributed by atoms with Gasteiger partial charge in [0, 0.05) is 30.0 Å². The lowest BCUT2D eigenvalue weighted by molar-refractivity contribution is -0.123. The van der Waals surface area contributed by atoms with Gasteiger partial charge in [-0.05, 0) is 42.9 Å². The van der Waals surface area contributed by atoms with Crippen LogP contribution in [0.1, 0.15) is 49.2 Å². The van der Waals surface area contributed by atoms with E-state index in [-0.39, 0.29) is 23.4 Å². The normalized spacial score (nSPS) is 19.1. The summed E-state index contributed by atoms with van der Waals surface area (Å²) in [6.45, 7) is 1.94. The first-order valence-corrected chi connectivity index (χ1v) is 11.6. The molecule has 160 valence electrons. The molecule has 2 amide bonds. The van der Waals surface area contributed by atoms with Crippen molar-refractivity contribution in [3.05, 3.63) is 76.7 Å². The molecule has 2 atom stereocenters. The molecule has 1 aliphatic rings. The number of hydrogen-bond donors (Lipinski definition) is 2. The molecular formula is C25H27N3O2S. The topological polar surface area (TPSA) is 71.1 Å². The molecular weight excluding hydrogens is 406 g/mol. The Kier molecular flexibility index (Phi) is 6.47. The minimum Gasteiger partial charge on any atom is -0.350 e. The van der Waals surface area contributed by atoms with Crippen molar-refractivity contribution in [2.45, 2.75) is 50.6 Å². The summed E-state index contributed by atoms with van der Waals surface area (Å²) in [7, 11) is 0. The number of carbonyl (C=O) groups is 2. The second-order valence-electron chi connectivity index (χ2n) is 8.23. The van der Waals surface area contributed by atoms with Gasteiger partial charge in [-0.2, -0.15) is 0 Å². The van der Waals surface area contributed by atoms with Crippen LogP contribution in [0.15, 0.2) is 66.2 Å². The third-order valence-electron chi connectivity index (χ3n) is 5.87. The van der Waals surface area contributed by atoms with Gasteiger partial charge in [0.1, 0.15) is 5.01 Å². The number of nitrogens with zero attached hydrogens (tertiary/aromatic N) is 1. The molecule has 31 heavy (non-hydrogen) atoms.